The van der Waals surface area contributed by atoms with Crippen LogP contribution < -0.4 is 0 Å². The molecule has 0 amide bonds. The third-order valence-electron chi connectivity index (χ3n) is 4.00. The smallest absolute Gasteiger partial charge is 0.149 e. The summed E-state index contributed by atoms with van der Waals surface area (Å²) in [7, 11) is 0. The molecule has 6 heteroatoms. The van der Waals surface area contributed by atoms with Gasteiger partial charge in [-0.15, -0.1) is 0 Å². The Morgan fingerprint density at radius 3 is 2.77 bits per heavy atom. The number of rotatable bonds is 3. The van der Waals surface area contributed by atoms with Gasteiger partial charge in [-0.25, -0.2) is 13.8 Å². The van der Waals surface area contributed by atoms with E-state index in [9.17, 15) is 14.0 Å². The second-order valence-corrected chi connectivity index (χ2v) is 5.67. The maximum atomic E-state index is 14.1. The molecule has 0 unspecified atom stereocenters. The quantitative estimate of drug-likeness (QED) is 0.547. The Bertz CT molecular complexity index is 1180. The van der Waals surface area contributed by atoms with Crippen molar-refractivity contribution in [2.75, 3.05) is 0 Å². The zero-order chi connectivity index (χ0) is 18.1. The van der Waals surface area contributed by atoms with Crippen LogP contribution in [0.15, 0.2) is 60.8 Å². The molecule has 0 saturated carbocycles. The summed E-state index contributed by atoms with van der Waals surface area (Å²) in [6, 6.07) is 16.2. The summed E-state index contributed by atoms with van der Waals surface area (Å²) in [4.78, 5) is 7.27. The summed E-state index contributed by atoms with van der Waals surface area (Å²) in [5, 5.41) is 9.54. The number of H-pyrrole nitrogens is 1. The average Bonchev–Trinajstić information content (AvgIpc) is 3.26. The lowest BCUT2D eigenvalue weighted by molar-refractivity contribution is 0.618. The summed E-state index contributed by atoms with van der Waals surface area (Å²) in [6.45, 7) is 0. The van der Waals surface area contributed by atoms with Crippen LogP contribution in [0.4, 0.5) is 8.78 Å². The normalized spacial score (nSPS) is 11.7. The van der Waals surface area contributed by atoms with Gasteiger partial charge in [0.05, 0.1) is 22.3 Å². The summed E-state index contributed by atoms with van der Waals surface area (Å²) in [5.41, 5.74) is 2.33. The minimum Gasteiger partial charge on any atom is -0.337 e. The van der Waals surface area contributed by atoms with E-state index < -0.39 is 0 Å². The molecule has 4 rings (SSSR count). The first-order valence-corrected chi connectivity index (χ1v) is 7.85. The van der Waals surface area contributed by atoms with Gasteiger partial charge in [0, 0.05) is 11.9 Å². The van der Waals surface area contributed by atoms with Crippen LogP contribution in [-0.2, 0) is 0 Å². The number of hydrogen-bond donors (Lipinski definition) is 1. The van der Waals surface area contributed by atoms with Crippen LogP contribution in [0.1, 0.15) is 11.5 Å². The molecule has 1 N–H and O–H groups in total. The predicted molar refractivity (Wildman–Crippen MR) is 95.3 cm³/mol. The summed E-state index contributed by atoms with van der Waals surface area (Å²) < 4.78 is 29.1. The van der Waals surface area contributed by atoms with Gasteiger partial charge in [-0.1, -0.05) is 12.1 Å². The first-order chi connectivity index (χ1) is 12.7. The lowest BCUT2D eigenvalue weighted by Gasteiger charge is -2.07. The van der Waals surface area contributed by atoms with E-state index in [0.29, 0.717) is 28.2 Å². The molecule has 4 aromatic rings. The zero-order valence-electron chi connectivity index (χ0n) is 13.4. The van der Waals surface area contributed by atoms with E-state index in [0.717, 1.165) is 0 Å². The lowest BCUT2D eigenvalue weighted by atomic mass is 10.2. The Kier molecular flexibility index (Phi) is 3.82. The van der Waals surface area contributed by atoms with Crippen molar-refractivity contribution in [3.63, 3.8) is 0 Å². The molecule has 0 atom stereocenters. The molecule has 0 spiro atoms. The summed E-state index contributed by atoms with van der Waals surface area (Å²) in [6.07, 6.45) is 3.33. The van der Waals surface area contributed by atoms with Crippen molar-refractivity contribution in [3.8, 4) is 11.8 Å². The molecule has 0 saturated heterocycles. The Morgan fingerprint density at radius 2 is 1.96 bits per heavy atom. The molecule has 0 fully saturated rings. The monoisotopic (exact) mass is 346 g/mol. The maximum absolute atomic E-state index is 14.1. The number of para-hydroxylation sites is 1. The fourth-order valence-electron chi connectivity index (χ4n) is 2.79. The predicted octanol–water partition coefficient (Wildman–Crippen LogP) is 4.70. The second-order valence-electron chi connectivity index (χ2n) is 5.67. The molecule has 0 aliphatic carbocycles. The van der Waals surface area contributed by atoms with E-state index in [-0.39, 0.29) is 17.2 Å². The van der Waals surface area contributed by atoms with E-state index in [1.165, 1.54) is 18.2 Å². The first-order valence-electron chi connectivity index (χ1n) is 7.85. The summed E-state index contributed by atoms with van der Waals surface area (Å²) in [5.74, 6) is -0.422. The van der Waals surface area contributed by atoms with Gasteiger partial charge in [-0.05, 0) is 48.5 Å². The first kappa shape index (κ1) is 15.8. The van der Waals surface area contributed by atoms with Gasteiger partial charge in [0.15, 0.2) is 0 Å². The average molecular weight is 346 g/mol. The van der Waals surface area contributed by atoms with E-state index in [2.05, 4.69) is 16.0 Å². The van der Waals surface area contributed by atoms with Gasteiger partial charge in [-0.3, -0.25) is 0 Å². The van der Waals surface area contributed by atoms with Crippen LogP contribution in [-0.4, -0.2) is 14.5 Å². The van der Waals surface area contributed by atoms with Crippen LogP contribution in [0, 0.1) is 23.0 Å². The minimum atomic E-state index is -0.386. The topological polar surface area (TPSA) is 57.4 Å². The largest absolute Gasteiger partial charge is 0.337 e. The van der Waals surface area contributed by atoms with Crippen LogP contribution in [0.3, 0.4) is 0 Å². The number of halogens is 2. The Labute approximate surface area is 147 Å². The van der Waals surface area contributed by atoms with Gasteiger partial charge < -0.3 is 9.55 Å². The van der Waals surface area contributed by atoms with Crippen molar-refractivity contribution in [3.05, 3.63) is 83.9 Å². The lowest BCUT2D eigenvalue weighted by Crippen LogP contribution is -1.98. The number of nitrogens with zero attached hydrogens (tertiary/aromatic N) is 3. The number of hydrogen-bond acceptors (Lipinski definition) is 2. The highest BCUT2D eigenvalue weighted by Crippen LogP contribution is 2.22. The molecule has 0 aliphatic heterocycles. The van der Waals surface area contributed by atoms with Gasteiger partial charge in [0.2, 0.25) is 0 Å². The molecule has 126 valence electrons. The highest BCUT2D eigenvalue weighted by atomic mass is 19.1. The van der Waals surface area contributed by atoms with Gasteiger partial charge in [0.1, 0.15) is 23.5 Å². The maximum Gasteiger partial charge on any atom is 0.149 e. The molecule has 2 heterocycles. The minimum absolute atomic E-state index is 0.262. The van der Waals surface area contributed by atoms with Gasteiger partial charge >= 0.3 is 0 Å². The van der Waals surface area contributed by atoms with Crippen molar-refractivity contribution in [2.45, 2.75) is 0 Å². The number of fused-ring (bicyclic) bond motifs is 1. The van der Waals surface area contributed by atoms with Gasteiger partial charge in [0.25, 0.3) is 0 Å². The van der Waals surface area contributed by atoms with Crippen LogP contribution in [0.5, 0.6) is 0 Å². The van der Waals surface area contributed by atoms with E-state index in [1.54, 1.807) is 53.2 Å². The number of allylic oxidation sites excluding steroid dienone is 1. The highest BCUT2D eigenvalue weighted by Gasteiger charge is 2.11. The van der Waals surface area contributed by atoms with Crippen molar-refractivity contribution in [2.24, 2.45) is 0 Å². The standard InChI is InChI=1S/C20H12F2N4/c21-14-7-8-17-18(11-14)25-20(24-17)13(12-23)10-15-4-3-9-26(15)19-6-2-1-5-16(19)22/h1-11H,(H,24,25)/b13-10-. The van der Waals surface area contributed by atoms with Crippen LogP contribution in [0.2, 0.25) is 0 Å². The molecule has 0 bridgehead atoms. The number of imidazole rings is 1. The van der Waals surface area contributed by atoms with E-state index in [4.69, 9.17) is 0 Å². The number of nitrogens with one attached hydrogen (secondary N) is 1. The van der Waals surface area contributed by atoms with Crippen molar-refractivity contribution >= 4 is 22.7 Å². The molecule has 0 radical (unpaired) electrons. The van der Waals surface area contributed by atoms with E-state index in [1.807, 2.05) is 0 Å². The number of benzene rings is 2. The Hall–Kier alpha value is -3.72. The summed E-state index contributed by atoms with van der Waals surface area (Å²) >= 11 is 0. The zero-order valence-corrected chi connectivity index (χ0v) is 13.4. The van der Waals surface area contributed by atoms with Crippen LogP contribution in [0.25, 0.3) is 28.4 Å². The fraction of sp³-hybridized carbons (Fsp3) is 0. The molecule has 26 heavy (non-hydrogen) atoms. The Balaban J connectivity index is 1.81. The van der Waals surface area contributed by atoms with Crippen molar-refractivity contribution < 1.29 is 8.78 Å². The highest BCUT2D eigenvalue weighted by molar-refractivity contribution is 5.90. The second kappa shape index (κ2) is 6.30. The number of aromatic nitrogens is 3. The fourth-order valence-corrected chi connectivity index (χ4v) is 2.79. The third-order valence-corrected chi connectivity index (χ3v) is 4.00. The molecule has 2 aromatic carbocycles. The Morgan fingerprint density at radius 1 is 1.12 bits per heavy atom. The number of aromatic amines is 1. The van der Waals surface area contributed by atoms with Crippen molar-refractivity contribution in [1.29, 1.82) is 5.26 Å². The molecule has 4 nitrogen and oxygen atoms in total. The SMILES string of the molecule is N#C/C(=C/c1cccn1-c1ccccc1F)c1nc2ccc(F)cc2[nH]1. The number of nitriles is 1. The molecule has 2 aromatic heterocycles. The molecular weight excluding hydrogens is 334 g/mol. The van der Waals surface area contributed by atoms with E-state index >= 15 is 0 Å². The van der Waals surface area contributed by atoms with Crippen molar-refractivity contribution in [1.82, 2.24) is 14.5 Å². The third kappa shape index (κ3) is 2.76. The molecule has 0 aliphatic rings. The van der Waals surface area contributed by atoms with Crippen LogP contribution >= 0.6 is 0 Å². The molecular formula is C20H12F2N4. The van der Waals surface area contributed by atoms with Gasteiger partial charge in [-0.2, -0.15) is 5.26 Å².